The molecule has 2 nitrogen and oxygen atoms in total. The Morgan fingerprint density at radius 2 is 1.32 bits per heavy atom. The quantitative estimate of drug-likeness (QED) is 0.133. The van der Waals surface area contributed by atoms with Crippen molar-refractivity contribution in [3.05, 3.63) is 216 Å². The van der Waals surface area contributed by atoms with Gasteiger partial charge < -0.3 is 9.30 Å². The number of thiophene rings is 1. The van der Waals surface area contributed by atoms with Gasteiger partial charge in [0.2, 0.25) is 0 Å². The van der Waals surface area contributed by atoms with Gasteiger partial charge in [-0.2, -0.15) is 0 Å². The van der Waals surface area contributed by atoms with Gasteiger partial charge in [-0.25, -0.2) is 0 Å². The average molecular weight is 749 g/mol. The highest BCUT2D eigenvalue weighted by Gasteiger charge is 2.21. The van der Waals surface area contributed by atoms with Gasteiger partial charge in [-0.1, -0.05) is 133 Å². The lowest BCUT2D eigenvalue weighted by molar-refractivity contribution is 0.836. The SMILES string of the molecule is C=CC(C/C=C/N(c1ccc(-c2ccccc2)cc1)c1ccc(C2C=Cc3sc4ccccc4c3C2)cc1)c1ccc2c(c1)c1cccc3c4ccccc4n2c31. The first-order chi connectivity index (χ1) is 28.2. The van der Waals surface area contributed by atoms with Crippen molar-refractivity contribution >= 4 is 77.0 Å². The van der Waals surface area contributed by atoms with Crippen molar-refractivity contribution in [3.63, 3.8) is 0 Å². The Labute approximate surface area is 336 Å². The summed E-state index contributed by atoms with van der Waals surface area (Å²) in [5.74, 6) is 0.525. The van der Waals surface area contributed by atoms with Crippen LogP contribution in [-0.4, -0.2) is 4.40 Å². The lowest BCUT2D eigenvalue weighted by atomic mass is 9.87. The van der Waals surface area contributed by atoms with Gasteiger partial charge in [-0.3, -0.25) is 0 Å². The van der Waals surface area contributed by atoms with Crippen molar-refractivity contribution in [2.24, 2.45) is 0 Å². The highest BCUT2D eigenvalue weighted by molar-refractivity contribution is 7.20. The molecule has 0 N–H and O–H groups in total. The molecule has 0 amide bonds. The van der Waals surface area contributed by atoms with Crippen LogP contribution in [-0.2, 0) is 6.42 Å². The van der Waals surface area contributed by atoms with Crippen LogP contribution in [0.25, 0.3) is 65.4 Å². The number of anilines is 2. The van der Waals surface area contributed by atoms with Crippen LogP contribution in [0.2, 0.25) is 0 Å². The summed E-state index contributed by atoms with van der Waals surface area (Å²) in [5.41, 5.74) is 12.6. The molecule has 1 aliphatic carbocycles. The monoisotopic (exact) mass is 748 g/mol. The van der Waals surface area contributed by atoms with Crippen LogP contribution in [0.15, 0.2) is 195 Å². The summed E-state index contributed by atoms with van der Waals surface area (Å²) in [6.45, 7) is 4.32. The molecule has 272 valence electrons. The van der Waals surface area contributed by atoms with Gasteiger partial charge >= 0.3 is 0 Å². The van der Waals surface area contributed by atoms with Crippen LogP contribution in [0.1, 0.15) is 39.8 Å². The third kappa shape index (κ3) is 5.69. The molecule has 0 saturated carbocycles. The van der Waals surface area contributed by atoms with Crippen molar-refractivity contribution in [1.29, 1.82) is 0 Å². The molecule has 10 aromatic rings. The molecule has 2 unspecified atom stereocenters. The predicted molar refractivity (Wildman–Crippen MR) is 246 cm³/mol. The Balaban J connectivity index is 0.905. The van der Waals surface area contributed by atoms with E-state index in [1.807, 2.05) is 11.3 Å². The third-order valence-corrected chi connectivity index (χ3v) is 13.3. The van der Waals surface area contributed by atoms with E-state index in [4.69, 9.17) is 0 Å². The fourth-order valence-corrected chi connectivity index (χ4v) is 10.3. The summed E-state index contributed by atoms with van der Waals surface area (Å²) < 4.78 is 3.82. The van der Waals surface area contributed by atoms with Crippen LogP contribution < -0.4 is 4.90 Å². The van der Waals surface area contributed by atoms with Gasteiger partial charge in [0.25, 0.3) is 0 Å². The fraction of sp³-hybridized carbons (Fsp3) is 0.0741. The van der Waals surface area contributed by atoms with Crippen molar-refractivity contribution in [3.8, 4) is 11.1 Å². The standard InChI is InChI=1S/C54H40N2S/c1-2-36(40-25-31-51-48(34-40)47-18-10-17-46-44-15-6-8-19-50(44)56(51)54(46)47)14-11-33-55(42-27-21-38(22-28-42)37-12-4-3-5-13-37)43-29-23-39(24-30-43)41-26-32-53-49(35-41)45-16-7-9-20-52(45)57-53/h2-13,15-34,36,41H,1,14,35H2/b33-11+. The molecule has 3 heterocycles. The zero-order chi connectivity index (χ0) is 37.9. The minimum Gasteiger partial charge on any atom is -0.318 e. The molecular weight excluding hydrogens is 709 g/mol. The van der Waals surface area contributed by atoms with E-state index >= 15 is 0 Å². The molecule has 3 heteroatoms. The van der Waals surface area contributed by atoms with E-state index in [2.05, 4.69) is 210 Å². The summed E-state index contributed by atoms with van der Waals surface area (Å²) in [5, 5.41) is 6.63. The number of rotatable bonds is 9. The van der Waals surface area contributed by atoms with Crippen LogP contribution in [0.4, 0.5) is 11.4 Å². The maximum atomic E-state index is 4.32. The zero-order valence-electron chi connectivity index (χ0n) is 31.6. The first-order valence-corrected chi connectivity index (χ1v) is 20.7. The molecule has 2 atom stereocenters. The molecule has 57 heavy (non-hydrogen) atoms. The second-order valence-electron chi connectivity index (χ2n) is 15.3. The van der Waals surface area contributed by atoms with Crippen LogP contribution >= 0.6 is 11.3 Å². The van der Waals surface area contributed by atoms with Crippen molar-refractivity contribution in [2.45, 2.75) is 24.7 Å². The third-order valence-electron chi connectivity index (χ3n) is 12.1. The molecule has 0 radical (unpaired) electrons. The number of allylic oxidation sites excluding steroid dienone is 3. The lowest BCUT2D eigenvalue weighted by Gasteiger charge is -2.23. The predicted octanol–water partition coefficient (Wildman–Crippen LogP) is 15.1. The molecule has 11 rings (SSSR count). The first kappa shape index (κ1) is 33.6. The van der Waals surface area contributed by atoms with Crippen LogP contribution in [0.3, 0.4) is 0 Å². The minimum absolute atomic E-state index is 0.170. The molecule has 0 aliphatic heterocycles. The van der Waals surface area contributed by atoms with Crippen LogP contribution in [0.5, 0.6) is 0 Å². The summed E-state index contributed by atoms with van der Waals surface area (Å²) in [4.78, 5) is 3.72. The molecule has 7 aromatic carbocycles. The summed E-state index contributed by atoms with van der Waals surface area (Å²) in [6.07, 6.45) is 13.3. The second-order valence-corrected chi connectivity index (χ2v) is 16.4. The first-order valence-electron chi connectivity index (χ1n) is 19.9. The van der Waals surface area contributed by atoms with E-state index in [1.54, 1.807) is 0 Å². The van der Waals surface area contributed by atoms with E-state index in [0.29, 0.717) is 5.92 Å². The number of hydrogen-bond donors (Lipinski definition) is 0. The van der Waals surface area contributed by atoms with Gasteiger partial charge in [0.15, 0.2) is 0 Å². The number of fused-ring (bicyclic) bond motifs is 9. The Hall–Kier alpha value is -6.68. The lowest BCUT2D eigenvalue weighted by Crippen LogP contribution is -2.09. The maximum Gasteiger partial charge on any atom is 0.0620 e. The van der Waals surface area contributed by atoms with Crippen molar-refractivity contribution in [1.82, 2.24) is 4.40 Å². The van der Waals surface area contributed by atoms with Crippen LogP contribution in [0, 0.1) is 0 Å². The Kier molecular flexibility index (Phi) is 8.15. The molecule has 3 aromatic heterocycles. The Bertz CT molecular complexity index is 3140. The molecule has 1 aliphatic rings. The molecule has 0 fully saturated rings. The number of nitrogens with zero attached hydrogens (tertiary/aromatic N) is 2. The highest BCUT2D eigenvalue weighted by atomic mass is 32.1. The summed E-state index contributed by atoms with van der Waals surface area (Å²) >= 11 is 1.90. The number of aromatic nitrogens is 1. The summed E-state index contributed by atoms with van der Waals surface area (Å²) in [7, 11) is 0. The topological polar surface area (TPSA) is 7.65 Å². The fourth-order valence-electron chi connectivity index (χ4n) is 9.19. The van der Waals surface area contributed by atoms with Gasteiger partial charge in [0.1, 0.15) is 0 Å². The maximum absolute atomic E-state index is 4.32. The highest BCUT2D eigenvalue weighted by Crippen LogP contribution is 2.42. The summed E-state index contributed by atoms with van der Waals surface area (Å²) in [6, 6.07) is 60.0. The van der Waals surface area contributed by atoms with Crippen molar-refractivity contribution in [2.75, 3.05) is 4.90 Å². The second kappa shape index (κ2) is 13.8. The van der Waals surface area contributed by atoms with Gasteiger partial charge in [-0.15, -0.1) is 17.9 Å². The number of hydrogen-bond acceptors (Lipinski definition) is 2. The number of benzene rings is 7. The minimum atomic E-state index is 0.170. The Morgan fingerprint density at radius 3 is 2.12 bits per heavy atom. The smallest absolute Gasteiger partial charge is 0.0620 e. The van der Waals surface area contributed by atoms with E-state index in [9.17, 15) is 0 Å². The normalized spacial score (nSPS) is 14.7. The molecule has 0 saturated heterocycles. The molecular formula is C54H40N2S. The van der Waals surface area contributed by atoms with Gasteiger partial charge in [0.05, 0.1) is 16.6 Å². The van der Waals surface area contributed by atoms with Crippen molar-refractivity contribution < 1.29 is 0 Å². The number of para-hydroxylation sites is 2. The van der Waals surface area contributed by atoms with E-state index < -0.39 is 0 Å². The molecule has 0 bridgehead atoms. The largest absolute Gasteiger partial charge is 0.318 e. The van der Waals surface area contributed by atoms with Gasteiger partial charge in [0, 0.05) is 60.5 Å². The average Bonchev–Trinajstić information content (AvgIpc) is 3.94. The molecule has 0 spiro atoms. The zero-order valence-corrected chi connectivity index (χ0v) is 32.4. The van der Waals surface area contributed by atoms with E-state index in [1.165, 1.54) is 80.9 Å². The Morgan fingerprint density at radius 1 is 0.649 bits per heavy atom. The van der Waals surface area contributed by atoms with E-state index in [-0.39, 0.29) is 5.92 Å². The van der Waals surface area contributed by atoms with Gasteiger partial charge in [-0.05, 0) is 101 Å². The van der Waals surface area contributed by atoms with E-state index in [0.717, 1.165) is 24.2 Å².